The Hall–Kier alpha value is -0.760. The number of alkyl halides is 1. The van der Waals surface area contributed by atoms with Gasteiger partial charge < -0.3 is 4.90 Å². The summed E-state index contributed by atoms with van der Waals surface area (Å²) in [6.07, 6.45) is 0. The number of benzene rings is 1. The normalized spacial score (nSPS) is 13.6. The van der Waals surface area contributed by atoms with E-state index in [9.17, 15) is 4.39 Å². The van der Waals surface area contributed by atoms with E-state index in [0.29, 0.717) is 11.9 Å². The monoisotopic (exact) mass is 257 g/mol. The van der Waals surface area contributed by atoms with Crippen molar-refractivity contribution < 1.29 is 4.39 Å². The molecule has 0 N–H and O–H groups in total. The van der Waals surface area contributed by atoms with E-state index in [1.807, 2.05) is 7.05 Å². The second kappa shape index (κ2) is 5.26. The van der Waals surface area contributed by atoms with E-state index in [4.69, 9.17) is 11.6 Å². The quantitative estimate of drug-likeness (QED) is 0.724. The molecule has 1 unspecified atom stereocenters. The van der Waals surface area contributed by atoms with E-state index >= 15 is 0 Å². The first kappa shape index (κ1) is 14.3. The molecule has 0 heterocycles. The summed E-state index contributed by atoms with van der Waals surface area (Å²) >= 11 is 5.87. The molecule has 0 aliphatic carbocycles. The number of rotatable bonds is 3. The highest BCUT2D eigenvalue weighted by Crippen LogP contribution is 2.30. The zero-order valence-electron chi connectivity index (χ0n) is 11.2. The van der Waals surface area contributed by atoms with Gasteiger partial charge in [-0.25, -0.2) is 4.39 Å². The molecule has 17 heavy (non-hydrogen) atoms. The minimum absolute atomic E-state index is 0.159. The molecule has 0 spiro atoms. The highest BCUT2D eigenvalue weighted by Gasteiger charge is 2.25. The standard InChI is InChI=1S/C14H21ClFN/c1-10(14(2,3)4)17(5)13-7-6-12(16)8-11(13)9-15/h6-8,10H,9H2,1-5H3. The Morgan fingerprint density at radius 3 is 2.41 bits per heavy atom. The molecule has 1 atom stereocenters. The van der Waals surface area contributed by atoms with Gasteiger partial charge in [0.2, 0.25) is 0 Å². The lowest BCUT2D eigenvalue weighted by Crippen LogP contribution is -2.39. The number of nitrogens with zero attached hydrogens (tertiary/aromatic N) is 1. The second-order valence-corrected chi connectivity index (χ2v) is 5.83. The van der Waals surface area contributed by atoms with Gasteiger partial charge in [0.25, 0.3) is 0 Å². The lowest BCUT2D eigenvalue weighted by atomic mass is 9.86. The van der Waals surface area contributed by atoms with Gasteiger partial charge in [-0.15, -0.1) is 11.6 Å². The maximum Gasteiger partial charge on any atom is 0.123 e. The Morgan fingerprint density at radius 2 is 1.94 bits per heavy atom. The zero-order valence-corrected chi connectivity index (χ0v) is 12.0. The summed E-state index contributed by atoms with van der Waals surface area (Å²) in [6, 6.07) is 5.13. The van der Waals surface area contributed by atoms with E-state index in [1.54, 1.807) is 6.07 Å². The summed E-state index contributed by atoms with van der Waals surface area (Å²) < 4.78 is 13.2. The van der Waals surface area contributed by atoms with Crippen molar-refractivity contribution in [3.63, 3.8) is 0 Å². The molecule has 0 radical (unpaired) electrons. The van der Waals surface area contributed by atoms with E-state index in [-0.39, 0.29) is 11.2 Å². The lowest BCUT2D eigenvalue weighted by molar-refractivity contribution is 0.329. The Kier molecular flexibility index (Phi) is 4.42. The third-order valence-corrected chi connectivity index (χ3v) is 3.69. The van der Waals surface area contributed by atoms with Crippen LogP contribution in [0.3, 0.4) is 0 Å². The first-order valence-corrected chi connectivity index (χ1v) is 6.38. The van der Waals surface area contributed by atoms with Crippen LogP contribution in [-0.4, -0.2) is 13.1 Å². The van der Waals surface area contributed by atoms with Crippen molar-refractivity contribution >= 4 is 17.3 Å². The summed E-state index contributed by atoms with van der Waals surface area (Å²) in [5.41, 5.74) is 2.00. The van der Waals surface area contributed by atoms with Crippen LogP contribution in [0.5, 0.6) is 0 Å². The van der Waals surface area contributed by atoms with Gasteiger partial charge in [0.1, 0.15) is 5.82 Å². The van der Waals surface area contributed by atoms with Crippen LogP contribution in [0, 0.1) is 11.2 Å². The first-order chi connectivity index (χ1) is 7.77. The molecule has 0 aliphatic heterocycles. The van der Waals surface area contributed by atoms with Crippen LogP contribution in [0.15, 0.2) is 18.2 Å². The van der Waals surface area contributed by atoms with E-state index < -0.39 is 0 Å². The van der Waals surface area contributed by atoms with Gasteiger partial charge in [-0.05, 0) is 36.1 Å². The Labute approximate surface area is 109 Å². The van der Waals surface area contributed by atoms with Crippen LogP contribution < -0.4 is 4.90 Å². The summed E-state index contributed by atoms with van der Waals surface area (Å²) in [7, 11) is 2.03. The maximum absolute atomic E-state index is 13.2. The fraction of sp³-hybridized carbons (Fsp3) is 0.571. The van der Waals surface area contributed by atoms with Crippen molar-refractivity contribution in [1.82, 2.24) is 0 Å². The molecule has 0 aliphatic rings. The van der Waals surface area contributed by atoms with Crippen LogP contribution in [0.2, 0.25) is 0 Å². The predicted molar refractivity (Wildman–Crippen MR) is 73.3 cm³/mol. The van der Waals surface area contributed by atoms with Gasteiger partial charge in [-0.1, -0.05) is 20.8 Å². The Bertz CT molecular complexity index is 384. The van der Waals surface area contributed by atoms with Crippen molar-refractivity contribution in [3.05, 3.63) is 29.6 Å². The number of anilines is 1. The molecule has 0 amide bonds. The molecule has 0 saturated heterocycles. The van der Waals surface area contributed by atoms with Crippen LogP contribution in [-0.2, 0) is 5.88 Å². The topological polar surface area (TPSA) is 3.24 Å². The van der Waals surface area contributed by atoms with Gasteiger partial charge >= 0.3 is 0 Å². The summed E-state index contributed by atoms with van der Waals surface area (Å²) in [5, 5.41) is 0. The highest BCUT2D eigenvalue weighted by atomic mass is 35.5. The number of hydrogen-bond donors (Lipinski definition) is 0. The molecule has 1 nitrogen and oxygen atoms in total. The largest absolute Gasteiger partial charge is 0.371 e. The predicted octanol–water partition coefficient (Wildman–Crippen LogP) is 4.44. The summed E-state index contributed by atoms with van der Waals surface area (Å²) in [4.78, 5) is 2.16. The van der Waals surface area contributed by atoms with Crippen LogP contribution in [0.25, 0.3) is 0 Å². The van der Waals surface area contributed by atoms with Gasteiger partial charge in [-0.3, -0.25) is 0 Å². The molecule has 96 valence electrons. The Morgan fingerprint density at radius 1 is 1.35 bits per heavy atom. The molecule has 3 heteroatoms. The smallest absolute Gasteiger partial charge is 0.123 e. The summed E-state index contributed by atoms with van der Waals surface area (Å²) in [5.74, 6) is 0.0927. The first-order valence-electron chi connectivity index (χ1n) is 5.84. The van der Waals surface area contributed by atoms with E-state index in [0.717, 1.165) is 11.3 Å². The van der Waals surface area contributed by atoms with Crippen LogP contribution in [0.4, 0.5) is 10.1 Å². The molecule has 1 aromatic carbocycles. The van der Waals surface area contributed by atoms with Gasteiger partial charge in [0, 0.05) is 24.7 Å². The van der Waals surface area contributed by atoms with Gasteiger partial charge in [0.05, 0.1) is 0 Å². The molecular formula is C14H21ClFN. The summed E-state index contributed by atoms with van der Waals surface area (Å²) in [6.45, 7) is 8.75. The fourth-order valence-electron chi connectivity index (χ4n) is 1.79. The van der Waals surface area contributed by atoms with Gasteiger partial charge in [-0.2, -0.15) is 0 Å². The van der Waals surface area contributed by atoms with Crippen molar-refractivity contribution in [2.75, 3.05) is 11.9 Å². The zero-order chi connectivity index (χ0) is 13.2. The third-order valence-electron chi connectivity index (χ3n) is 3.40. The minimum atomic E-state index is -0.235. The van der Waals surface area contributed by atoms with Crippen molar-refractivity contribution in [3.8, 4) is 0 Å². The lowest BCUT2D eigenvalue weighted by Gasteiger charge is -2.37. The highest BCUT2D eigenvalue weighted by molar-refractivity contribution is 6.17. The fourth-order valence-corrected chi connectivity index (χ4v) is 2.01. The molecule has 0 saturated carbocycles. The molecule has 0 fully saturated rings. The molecule has 1 aromatic rings. The van der Waals surface area contributed by atoms with Crippen LogP contribution in [0.1, 0.15) is 33.3 Å². The average molecular weight is 258 g/mol. The average Bonchev–Trinajstić information content (AvgIpc) is 2.25. The Balaban J connectivity index is 3.08. The molecule has 1 rings (SSSR count). The van der Waals surface area contributed by atoms with E-state index in [2.05, 4.69) is 32.6 Å². The van der Waals surface area contributed by atoms with Crippen molar-refractivity contribution in [2.24, 2.45) is 5.41 Å². The van der Waals surface area contributed by atoms with Crippen molar-refractivity contribution in [1.29, 1.82) is 0 Å². The molecule has 0 bridgehead atoms. The molecular weight excluding hydrogens is 237 g/mol. The SMILES string of the molecule is CC(N(C)c1ccc(F)cc1CCl)C(C)(C)C. The third kappa shape index (κ3) is 3.35. The minimum Gasteiger partial charge on any atom is -0.371 e. The molecule has 0 aromatic heterocycles. The van der Waals surface area contributed by atoms with Gasteiger partial charge in [0.15, 0.2) is 0 Å². The van der Waals surface area contributed by atoms with Crippen molar-refractivity contribution in [2.45, 2.75) is 39.6 Å². The number of hydrogen-bond acceptors (Lipinski definition) is 1. The van der Waals surface area contributed by atoms with Crippen LogP contribution >= 0.6 is 11.6 Å². The number of halogens is 2. The van der Waals surface area contributed by atoms with E-state index in [1.165, 1.54) is 12.1 Å². The second-order valence-electron chi connectivity index (χ2n) is 5.56. The maximum atomic E-state index is 13.2.